The molecule has 2 bridgehead atoms. The quantitative estimate of drug-likeness (QED) is 0.794. The van der Waals surface area contributed by atoms with E-state index in [4.69, 9.17) is 5.73 Å². The predicted molar refractivity (Wildman–Crippen MR) is 95.4 cm³/mol. The largest absolute Gasteiger partial charge is 0.387 e. The number of hydrogen-bond donors (Lipinski definition) is 3. The van der Waals surface area contributed by atoms with Gasteiger partial charge in [0.25, 0.3) is 0 Å². The summed E-state index contributed by atoms with van der Waals surface area (Å²) in [5.41, 5.74) is 8.38. The van der Waals surface area contributed by atoms with E-state index < -0.39 is 6.10 Å². The Morgan fingerprint density at radius 3 is 2.42 bits per heavy atom. The number of benzene rings is 1. The minimum absolute atomic E-state index is 0.00744. The molecule has 2 aliphatic carbocycles. The zero-order valence-electron chi connectivity index (χ0n) is 15.0. The standard InChI is InChI=1S/C20H30N2O2/c1-20(2,3)15-8-6-12(7-9-15)16(23)11-22-19(24)17-13-4-5-14(10-13)18(17)21/h6-9,13-14,16-18,23H,4-5,10-11,21H2,1-3H3,(H,22,24). The summed E-state index contributed by atoms with van der Waals surface area (Å²) >= 11 is 0. The number of aliphatic hydroxyl groups is 1. The Hall–Kier alpha value is -1.39. The molecule has 2 fully saturated rings. The summed E-state index contributed by atoms with van der Waals surface area (Å²) in [5, 5.41) is 13.3. The molecule has 2 saturated carbocycles. The first-order chi connectivity index (χ1) is 11.3. The van der Waals surface area contributed by atoms with Crippen LogP contribution in [-0.2, 0) is 10.2 Å². The summed E-state index contributed by atoms with van der Waals surface area (Å²) in [7, 11) is 0. The fourth-order valence-electron chi connectivity index (χ4n) is 4.36. The summed E-state index contributed by atoms with van der Waals surface area (Å²) in [6.45, 7) is 6.74. The number of rotatable bonds is 4. The third kappa shape index (κ3) is 3.35. The van der Waals surface area contributed by atoms with Crippen molar-refractivity contribution in [2.24, 2.45) is 23.5 Å². The zero-order valence-corrected chi connectivity index (χ0v) is 15.0. The van der Waals surface area contributed by atoms with Crippen LogP contribution in [0.25, 0.3) is 0 Å². The summed E-state index contributed by atoms with van der Waals surface area (Å²) < 4.78 is 0. The predicted octanol–water partition coefficient (Wildman–Crippen LogP) is 2.51. The van der Waals surface area contributed by atoms with Gasteiger partial charge in [0.15, 0.2) is 0 Å². The van der Waals surface area contributed by atoms with E-state index in [1.54, 1.807) is 0 Å². The molecule has 0 heterocycles. The van der Waals surface area contributed by atoms with Gasteiger partial charge in [-0.2, -0.15) is 0 Å². The highest BCUT2D eigenvalue weighted by Crippen LogP contribution is 2.47. The number of aliphatic hydroxyl groups excluding tert-OH is 1. The molecule has 0 saturated heterocycles. The lowest BCUT2D eigenvalue weighted by Crippen LogP contribution is -2.46. The number of fused-ring (bicyclic) bond motifs is 2. The van der Waals surface area contributed by atoms with E-state index in [2.05, 4.69) is 26.1 Å². The normalized spacial score (nSPS) is 30.4. The molecule has 4 heteroatoms. The fourth-order valence-corrected chi connectivity index (χ4v) is 4.36. The Bertz CT molecular complexity index is 589. The molecule has 24 heavy (non-hydrogen) atoms. The van der Waals surface area contributed by atoms with E-state index >= 15 is 0 Å². The summed E-state index contributed by atoms with van der Waals surface area (Å²) in [6, 6.07) is 7.98. The first-order valence-electron chi connectivity index (χ1n) is 9.09. The maximum absolute atomic E-state index is 12.5. The molecule has 3 rings (SSSR count). The molecule has 2 aliphatic rings. The minimum Gasteiger partial charge on any atom is -0.387 e. The lowest BCUT2D eigenvalue weighted by atomic mass is 9.84. The van der Waals surface area contributed by atoms with Gasteiger partial charge in [-0.15, -0.1) is 0 Å². The number of hydrogen-bond acceptors (Lipinski definition) is 3. The number of nitrogens with two attached hydrogens (primary N) is 1. The van der Waals surface area contributed by atoms with Crippen LogP contribution in [0.1, 0.15) is 57.3 Å². The van der Waals surface area contributed by atoms with Crippen LogP contribution >= 0.6 is 0 Å². The number of nitrogens with one attached hydrogen (secondary N) is 1. The minimum atomic E-state index is -0.683. The first-order valence-corrected chi connectivity index (χ1v) is 9.09. The molecule has 132 valence electrons. The first kappa shape index (κ1) is 17.4. The van der Waals surface area contributed by atoms with Crippen molar-refractivity contribution in [1.29, 1.82) is 0 Å². The third-order valence-electron chi connectivity index (χ3n) is 5.91. The summed E-state index contributed by atoms with van der Waals surface area (Å²) in [6.07, 6.45) is 2.69. The van der Waals surface area contributed by atoms with Crippen LogP contribution in [0.5, 0.6) is 0 Å². The van der Waals surface area contributed by atoms with Crippen molar-refractivity contribution in [2.75, 3.05) is 6.54 Å². The second kappa shape index (κ2) is 6.49. The fraction of sp³-hybridized carbons (Fsp3) is 0.650. The van der Waals surface area contributed by atoms with E-state index in [-0.39, 0.29) is 29.8 Å². The van der Waals surface area contributed by atoms with Gasteiger partial charge in [-0.25, -0.2) is 0 Å². The molecule has 5 atom stereocenters. The van der Waals surface area contributed by atoms with Crippen molar-refractivity contribution < 1.29 is 9.90 Å². The maximum atomic E-state index is 12.5. The second-order valence-electron chi connectivity index (χ2n) is 8.57. The van der Waals surface area contributed by atoms with Crippen molar-refractivity contribution in [3.8, 4) is 0 Å². The van der Waals surface area contributed by atoms with Gasteiger partial charge in [0, 0.05) is 12.6 Å². The molecule has 0 radical (unpaired) electrons. The van der Waals surface area contributed by atoms with Gasteiger partial charge >= 0.3 is 0 Å². The number of amides is 1. The van der Waals surface area contributed by atoms with Crippen LogP contribution in [0.2, 0.25) is 0 Å². The Kier molecular flexibility index (Phi) is 4.71. The van der Waals surface area contributed by atoms with E-state index in [9.17, 15) is 9.90 Å². The molecule has 1 aromatic carbocycles. The van der Waals surface area contributed by atoms with Crippen LogP contribution in [0.15, 0.2) is 24.3 Å². The average molecular weight is 330 g/mol. The maximum Gasteiger partial charge on any atom is 0.225 e. The average Bonchev–Trinajstić information content (AvgIpc) is 3.12. The Labute approximate surface area is 144 Å². The van der Waals surface area contributed by atoms with Crippen molar-refractivity contribution in [2.45, 2.75) is 57.6 Å². The van der Waals surface area contributed by atoms with Crippen LogP contribution in [-0.4, -0.2) is 23.6 Å². The lowest BCUT2D eigenvalue weighted by Gasteiger charge is -2.27. The van der Waals surface area contributed by atoms with E-state index in [1.807, 2.05) is 24.3 Å². The third-order valence-corrected chi connectivity index (χ3v) is 5.91. The van der Waals surface area contributed by atoms with Crippen LogP contribution in [0.3, 0.4) is 0 Å². The zero-order chi connectivity index (χ0) is 17.5. The molecule has 4 N–H and O–H groups in total. The molecule has 0 spiro atoms. The molecule has 0 aliphatic heterocycles. The van der Waals surface area contributed by atoms with Gasteiger partial charge in [-0.1, -0.05) is 45.0 Å². The van der Waals surface area contributed by atoms with Gasteiger partial charge in [0.05, 0.1) is 12.0 Å². The summed E-state index contributed by atoms with van der Waals surface area (Å²) in [5.74, 6) is 0.896. The Balaban J connectivity index is 1.55. The highest BCUT2D eigenvalue weighted by molar-refractivity contribution is 5.80. The topological polar surface area (TPSA) is 75.3 Å². The Morgan fingerprint density at radius 2 is 1.88 bits per heavy atom. The number of carbonyl (C=O) groups is 1. The van der Waals surface area contributed by atoms with Crippen molar-refractivity contribution in [3.05, 3.63) is 35.4 Å². The van der Waals surface area contributed by atoms with Crippen LogP contribution in [0.4, 0.5) is 0 Å². The van der Waals surface area contributed by atoms with Crippen molar-refractivity contribution in [3.63, 3.8) is 0 Å². The summed E-state index contributed by atoms with van der Waals surface area (Å²) in [4.78, 5) is 12.5. The Morgan fingerprint density at radius 1 is 1.25 bits per heavy atom. The van der Waals surface area contributed by atoms with Crippen molar-refractivity contribution in [1.82, 2.24) is 5.32 Å². The molecule has 1 amide bonds. The lowest BCUT2D eigenvalue weighted by molar-refractivity contribution is -0.127. The monoisotopic (exact) mass is 330 g/mol. The molecule has 1 aromatic rings. The van der Waals surface area contributed by atoms with E-state index in [1.165, 1.54) is 12.0 Å². The van der Waals surface area contributed by atoms with Crippen LogP contribution < -0.4 is 11.1 Å². The van der Waals surface area contributed by atoms with Gasteiger partial charge in [-0.05, 0) is 47.6 Å². The van der Waals surface area contributed by atoms with Gasteiger partial charge in [0.2, 0.25) is 5.91 Å². The molecular weight excluding hydrogens is 300 g/mol. The highest BCUT2D eigenvalue weighted by atomic mass is 16.3. The van der Waals surface area contributed by atoms with Gasteiger partial charge in [-0.3, -0.25) is 4.79 Å². The molecule has 4 nitrogen and oxygen atoms in total. The van der Waals surface area contributed by atoms with E-state index in [0.717, 1.165) is 18.4 Å². The number of carbonyl (C=O) groups excluding carboxylic acids is 1. The van der Waals surface area contributed by atoms with Crippen molar-refractivity contribution >= 4 is 5.91 Å². The smallest absolute Gasteiger partial charge is 0.225 e. The highest BCUT2D eigenvalue weighted by Gasteiger charge is 2.48. The molecule has 0 aromatic heterocycles. The second-order valence-corrected chi connectivity index (χ2v) is 8.57. The van der Waals surface area contributed by atoms with Gasteiger partial charge in [0.1, 0.15) is 0 Å². The SMILES string of the molecule is CC(C)(C)c1ccc(C(O)CNC(=O)C2C3CCC(C3)C2N)cc1. The van der Waals surface area contributed by atoms with Crippen LogP contribution in [0, 0.1) is 17.8 Å². The van der Waals surface area contributed by atoms with E-state index in [0.29, 0.717) is 11.8 Å². The molecular formula is C20H30N2O2. The van der Waals surface area contributed by atoms with Gasteiger partial charge < -0.3 is 16.2 Å². The molecule has 5 unspecified atom stereocenters.